The molecule has 0 aliphatic carbocycles. The van der Waals surface area contributed by atoms with Crippen molar-refractivity contribution >= 4 is 0 Å². The lowest BCUT2D eigenvalue weighted by molar-refractivity contribution is 0.274. The van der Waals surface area contributed by atoms with E-state index in [0.29, 0.717) is 6.54 Å². The van der Waals surface area contributed by atoms with E-state index in [0.717, 1.165) is 24.3 Å². The molecule has 0 saturated heterocycles. The van der Waals surface area contributed by atoms with Crippen LogP contribution in [0.3, 0.4) is 0 Å². The molecule has 1 atom stereocenters. The molecule has 0 saturated carbocycles. The predicted octanol–water partition coefficient (Wildman–Crippen LogP) is 2.59. The molecule has 2 aromatic rings. The minimum absolute atomic E-state index is 0.216. The SMILES string of the molecule is Cc1cc(CNC(CCCO)c2ccccc2)no1. The second-order valence-corrected chi connectivity index (χ2v) is 4.64. The molecule has 0 spiro atoms. The highest BCUT2D eigenvalue weighted by Crippen LogP contribution is 2.18. The van der Waals surface area contributed by atoms with Crippen LogP contribution in [0, 0.1) is 6.92 Å². The highest BCUT2D eigenvalue weighted by atomic mass is 16.5. The van der Waals surface area contributed by atoms with Crippen molar-refractivity contribution < 1.29 is 9.63 Å². The Labute approximate surface area is 113 Å². The fourth-order valence-corrected chi connectivity index (χ4v) is 2.10. The lowest BCUT2D eigenvalue weighted by Gasteiger charge is -2.18. The van der Waals surface area contributed by atoms with E-state index < -0.39 is 0 Å². The van der Waals surface area contributed by atoms with E-state index in [9.17, 15) is 0 Å². The molecule has 1 heterocycles. The molecule has 2 rings (SSSR count). The van der Waals surface area contributed by atoms with Crippen molar-refractivity contribution in [2.75, 3.05) is 6.61 Å². The number of hydrogen-bond donors (Lipinski definition) is 2. The summed E-state index contributed by atoms with van der Waals surface area (Å²) in [5.74, 6) is 0.823. The molecule has 19 heavy (non-hydrogen) atoms. The Balaban J connectivity index is 1.97. The summed E-state index contributed by atoms with van der Waals surface area (Å²) in [4.78, 5) is 0. The molecule has 0 aliphatic heterocycles. The summed E-state index contributed by atoms with van der Waals surface area (Å²) in [5.41, 5.74) is 2.14. The van der Waals surface area contributed by atoms with Crippen molar-refractivity contribution in [2.45, 2.75) is 32.4 Å². The molecule has 4 heteroatoms. The topological polar surface area (TPSA) is 58.3 Å². The highest BCUT2D eigenvalue weighted by Gasteiger charge is 2.11. The molecule has 2 N–H and O–H groups in total. The standard InChI is InChI=1S/C15H20N2O2/c1-12-10-14(17-19-12)11-16-15(8-5-9-18)13-6-3-2-4-7-13/h2-4,6-7,10,15-16,18H,5,8-9,11H2,1H3. The van der Waals surface area contributed by atoms with Gasteiger partial charge in [-0.15, -0.1) is 0 Å². The van der Waals surface area contributed by atoms with Gasteiger partial charge in [0.1, 0.15) is 5.76 Å². The number of benzene rings is 1. The molecule has 0 radical (unpaired) electrons. The molecule has 0 aliphatic rings. The van der Waals surface area contributed by atoms with E-state index in [-0.39, 0.29) is 12.6 Å². The Morgan fingerprint density at radius 2 is 2.11 bits per heavy atom. The summed E-state index contributed by atoms with van der Waals surface area (Å²) in [7, 11) is 0. The Hall–Kier alpha value is -1.65. The molecule has 1 unspecified atom stereocenters. The quantitative estimate of drug-likeness (QED) is 0.803. The molecule has 0 amide bonds. The number of nitrogens with one attached hydrogen (secondary N) is 1. The number of aliphatic hydroxyl groups excluding tert-OH is 1. The van der Waals surface area contributed by atoms with Gasteiger partial charge in [-0.3, -0.25) is 0 Å². The normalized spacial score (nSPS) is 12.5. The number of rotatable bonds is 7. The second-order valence-electron chi connectivity index (χ2n) is 4.64. The van der Waals surface area contributed by atoms with Crippen LogP contribution in [0.25, 0.3) is 0 Å². The maximum Gasteiger partial charge on any atom is 0.133 e. The van der Waals surface area contributed by atoms with E-state index in [1.165, 1.54) is 5.56 Å². The largest absolute Gasteiger partial charge is 0.396 e. The van der Waals surface area contributed by atoms with Crippen LogP contribution in [0.1, 0.15) is 35.9 Å². The fraction of sp³-hybridized carbons (Fsp3) is 0.400. The molecule has 102 valence electrons. The van der Waals surface area contributed by atoms with E-state index in [1.54, 1.807) is 0 Å². The third-order valence-corrected chi connectivity index (χ3v) is 3.06. The number of aliphatic hydroxyl groups is 1. The summed E-state index contributed by atoms with van der Waals surface area (Å²) >= 11 is 0. The molecular formula is C15H20N2O2. The second kappa shape index (κ2) is 7.07. The average molecular weight is 260 g/mol. The molecule has 1 aromatic carbocycles. The Morgan fingerprint density at radius 1 is 1.32 bits per heavy atom. The van der Waals surface area contributed by atoms with Crippen molar-refractivity contribution in [1.82, 2.24) is 10.5 Å². The zero-order valence-electron chi connectivity index (χ0n) is 11.2. The van der Waals surface area contributed by atoms with Crippen molar-refractivity contribution in [1.29, 1.82) is 0 Å². The summed E-state index contributed by atoms with van der Waals surface area (Å²) in [6.07, 6.45) is 1.68. The van der Waals surface area contributed by atoms with Crippen molar-refractivity contribution in [3.63, 3.8) is 0 Å². The summed E-state index contributed by atoms with van der Waals surface area (Å²) in [6, 6.07) is 12.4. The molecule has 1 aromatic heterocycles. The molecule has 0 bridgehead atoms. The van der Waals surface area contributed by atoms with E-state index in [4.69, 9.17) is 9.63 Å². The first kappa shape index (κ1) is 13.8. The number of nitrogens with zero attached hydrogens (tertiary/aromatic N) is 1. The van der Waals surface area contributed by atoms with Gasteiger partial charge in [0.15, 0.2) is 0 Å². The predicted molar refractivity (Wildman–Crippen MR) is 73.6 cm³/mol. The first-order valence-electron chi connectivity index (χ1n) is 6.61. The van der Waals surface area contributed by atoms with Gasteiger partial charge in [-0.05, 0) is 25.3 Å². The highest BCUT2D eigenvalue weighted by molar-refractivity contribution is 5.19. The molecule has 4 nitrogen and oxygen atoms in total. The minimum atomic E-state index is 0.216. The Bertz CT molecular complexity index is 482. The third kappa shape index (κ3) is 4.19. The molecular weight excluding hydrogens is 240 g/mol. The van der Waals surface area contributed by atoms with Crippen LogP contribution in [0.5, 0.6) is 0 Å². The number of aryl methyl sites for hydroxylation is 1. The van der Waals surface area contributed by atoms with E-state index in [2.05, 4.69) is 22.6 Å². The maximum atomic E-state index is 9.00. The van der Waals surface area contributed by atoms with E-state index >= 15 is 0 Å². The van der Waals surface area contributed by atoms with Gasteiger partial charge in [-0.25, -0.2) is 0 Å². The fourth-order valence-electron chi connectivity index (χ4n) is 2.10. The van der Waals surface area contributed by atoms with Gasteiger partial charge in [0.25, 0.3) is 0 Å². The van der Waals surface area contributed by atoms with Gasteiger partial charge < -0.3 is 14.9 Å². The third-order valence-electron chi connectivity index (χ3n) is 3.06. The summed E-state index contributed by atoms with van der Waals surface area (Å²) in [6.45, 7) is 2.77. The van der Waals surface area contributed by atoms with Crippen molar-refractivity contribution in [3.05, 3.63) is 53.4 Å². The van der Waals surface area contributed by atoms with Crippen LogP contribution < -0.4 is 5.32 Å². The lowest BCUT2D eigenvalue weighted by Crippen LogP contribution is -2.21. The monoisotopic (exact) mass is 260 g/mol. The van der Waals surface area contributed by atoms with Gasteiger partial charge in [-0.2, -0.15) is 0 Å². The number of hydrogen-bond acceptors (Lipinski definition) is 4. The Kier molecular flexibility index (Phi) is 5.12. The van der Waals surface area contributed by atoms with Crippen LogP contribution >= 0.6 is 0 Å². The zero-order valence-corrected chi connectivity index (χ0v) is 11.2. The summed E-state index contributed by atoms with van der Waals surface area (Å²) in [5, 5.41) is 16.4. The zero-order chi connectivity index (χ0) is 13.5. The van der Waals surface area contributed by atoms with Gasteiger partial charge in [-0.1, -0.05) is 35.5 Å². The summed E-state index contributed by atoms with van der Waals surface area (Å²) < 4.78 is 5.05. The van der Waals surface area contributed by atoms with Crippen LogP contribution in [-0.4, -0.2) is 16.9 Å². The first-order chi connectivity index (χ1) is 9.29. The van der Waals surface area contributed by atoms with Crippen LogP contribution in [0.2, 0.25) is 0 Å². The maximum absolute atomic E-state index is 9.00. The average Bonchev–Trinajstić information content (AvgIpc) is 2.86. The Morgan fingerprint density at radius 3 is 2.74 bits per heavy atom. The smallest absolute Gasteiger partial charge is 0.133 e. The minimum Gasteiger partial charge on any atom is -0.396 e. The van der Waals surface area contributed by atoms with Gasteiger partial charge >= 0.3 is 0 Å². The molecule has 0 fully saturated rings. The lowest BCUT2D eigenvalue weighted by atomic mass is 10.0. The number of aromatic nitrogens is 1. The van der Waals surface area contributed by atoms with E-state index in [1.807, 2.05) is 31.2 Å². The van der Waals surface area contributed by atoms with Crippen LogP contribution in [-0.2, 0) is 6.54 Å². The first-order valence-corrected chi connectivity index (χ1v) is 6.61. The van der Waals surface area contributed by atoms with Gasteiger partial charge in [0.05, 0.1) is 5.69 Å². The van der Waals surface area contributed by atoms with Crippen molar-refractivity contribution in [2.24, 2.45) is 0 Å². The van der Waals surface area contributed by atoms with Gasteiger partial charge in [0.2, 0.25) is 0 Å². The van der Waals surface area contributed by atoms with Crippen LogP contribution in [0.4, 0.5) is 0 Å². The van der Waals surface area contributed by atoms with Crippen LogP contribution in [0.15, 0.2) is 40.9 Å². The van der Waals surface area contributed by atoms with Gasteiger partial charge in [0, 0.05) is 25.3 Å². The van der Waals surface area contributed by atoms with Crippen molar-refractivity contribution in [3.8, 4) is 0 Å².